The number of anilines is 1. The lowest BCUT2D eigenvalue weighted by molar-refractivity contribution is 0.601. The number of fused-ring (bicyclic) bond motifs is 1. The molecule has 0 amide bonds. The van der Waals surface area contributed by atoms with Gasteiger partial charge in [0.15, 0.2) is 0 Å². The molecule has 0 saturated carbocycles. The summed E-state index contributed by atoms with van der Waals surface area (Å²) in [6.45, 7) is 2.17. The van der Waals surface area contributed by atoms with Crippen molar-refractivity contribution in [1.29, 1.82) is 0 Å². The van der Waals surface area contributed by atoms with Gasteiger partial charge < -0.3 is 4.90 Å². The van der Waals surface area contributed by atoms with Crippen LogP contribution in [0.3, 0.4) is 0 Å². The van der Waals surface area contributed by atoms with Gasteiger partial charge in [0.1, 0.15) is 0 Å². The van der Waals surface area contributed by atoms with Crippen LogP contribution in [0.25, 0.3) is 10.9 Å². The highest BCUT2D eigenvalue weighted by atomic mass is 79.9. The van der Waals surface area contributed by atoms with Crippen molar-refractivity contribution >= 4 is 32.8 Å². The molecule has 1 fully saturated rings. The summed E-state index contributed by atoms with van der Waals surface area (Å²) in [5, 5.41) is 1.07. The fraction of sp³-hybridized carbons (Fsp3) is 0.273. The molecule has 3 nitrogen and oxygen atoms in total. The zero-order valence-corrected chi connectivity index (χ0v) is 9.74. The second-order valence-corrected chi connectivity index (χ2v) is 4.54. The van der Waals surface area contributed by atoms with E-state index >= 15 is 0 Å². The fourth-order valence-electron chi connectivity index (χ4n) is 1.68. The largest absolute Gasteiger partial charge is 0.341 e. The molecule has 1 aliphatic rings. The molecule has 0 bridgehead atoms. The number of halogens is 1. The minimum atomic E-state index is 0.854. The number of benzene rings is 1. The van der Waals surface area contributed by atoms with Crippen molar-refractivity contribution in [3.05, 3.63) is 28.9 Å². The maximum absolute atomic E-state index is 4.54. The zero-order chi connectivity index (χ0) is 10.3. The van der Waals surface area contributed by atoms with E-state index in [1.165, 1.54) is 6.42 Å². The predicted octanol–water partition coefficient (Wildman–Crippen LogP) is 2.60. The Bertz CT molecular complexity index is 508. The minimum Gasteiger partial charge on any atom is -0.341 e. The summed E-state index contributed by atoms with van der Waals surface area (Å²) in [5.41, 5.74) is 1.00. The number of aromatic nitrogens is 2. The summed E-state index contributed by atoms with van der Waals surface area (Å²) in [4.78, 5) is 11.1. The highest BCUT2D eigenvalue weighted by Crippen LogP contribution is 2.24. The first kappa shape index (κ1) is 9.09. The fourth-order valence-corrected chi connectivity index (χ4v) is 2.14. The molecule has 0 unspecified atom stereocenters. The summed E-state index contributed by atoms with van der Waals surface area (Å²) in [7, 11) is 0. The van der Waals surface area contributed by atoms with E-state index in [1.807, 2.05) is 24.4 Å². The van der Waals surface area contributed by atoms with Crippen LogP contribution < -0.4 is 4.90 Å². The standard InChI is InChI=1S/C11H10BrN3/c12-9-3-1-4-10-8(9)7-13-11(14-10)15-5-2-6-15/h1,3-4,7H,2,5-6H2. The Morgan fingerprint density at radius 2 is 2.13 bits per heavy atom. The third-order valence-electron chi connectivity index (χ3n) is 2.70. The Kier molecular flexibility index (Phi) is 2.09. The van der Waals surface area contributed by atoms with Crippen molar-refractivity contribution in [2.75, 3.05) is 18.0 Å². The Labute approximate surface area is 96.3 Å². The normalized spacial score (nSPS) is 15.4. The number of nitrogens with zero attached hydrogens (tertiary/aromatic N) is 3. The van der Waals surface area contributed by atoms with E-state index in [0.717, 1.165) is 34.4 Å². The topological polar surface area (TPSA) is 29.0 Å². The number of hydrogen-bond acceptors (Lipinski definition) is 3. The first-order valence-corrected chi connectivity index (χ1v) is 5.80. The molecular weight excluding hydrogens is 254 g/mol. The molecular formula is C11H10BrN3. The van der Waals surface area contributed by atoms with Crippen LogP contribution in [-0.2, 0) is 0 Å². The highest BCUT2D eigenvalue weighted by molar-refractivity contribution is 9.10. The van der Waals surface area contributed by atoms with Crippen molar-refractivity contribution in [1.82, 2.24) is 9.97 Å². The molecule has 15 heavy (non-hydrogen) atoms. The molecule has 0 aliphatic carbocycles. The molecule has 2 aromatic rings. The van der Waals surface area contributed by atoms with Gasteiger partial charge >= 0.3 is 0 Å². The average Bonchev–Trinajstić information content (AvgIpc) is 2.15. The van der Waals surface area contributed by atoms with Crippen LogP contribution >= 0.6 is 15.9 Å². The molecule has 3 rings (SSSR count). The number of hydrogen-bond donors (Lipinski definition) is 0. The van der Waals surface area contributed by atoms with Crippen molar-refractivity contribution < 1.29 is 0 Å². The van der Waals surface area contributed by atoms with Crippen molar-refractivity contribution in [3.8, 4) is 0 Å². The maximum Gasteiger partial charge on any atom is 0.225 e. The molecule has 1 aromatic heterocycles. The lowest BCUT2D eigenvalue weighted by Crippen LogP contribution is -2.38. The Morgan fingerprint density at radius 1 is 1.27 bits per heavy atom. The van der Waals surface area contributed by atoms with Gasteiger partial charge in [-0.3, -0.25) is 0 Å². The van der Waals surface area contributed by atoms with E-state index in [2.05, 4.69) is 30.8 Å². The molecule has 1 aliphatic heterocycles. The third-order valence-corrected chi connectivity index (χ3v) is 3.39. The first-order valence-electron chi connectivity index (χ1n) is 5.01. The Balaban J connectivity index is 2.13. The zero-order valence-electron chi connectivity index (χ0n) is 8.15. The smallest absolute Gasteiger partial charge is 0.225 e. The summed E-state index contributed by atoms with van der Waals surface area (Å²) < 4.78 is 1.05. The summed E-state index contributed by atoms with van der Waals surface area (Å²) >= 11 is 3.50. The molecule has 2 heterocycles. The van der Waals surface area contributed by atoms with E-state index < -0.39 is 0 Å². The highest BCUT2D eigenvalue weighted by Gasteiger charge is 2.17. The predicted molar refractivity (Wildman–Crippen MR) is 64.1 cm³/mol. The van der Waals surface area contributed by atoms with Crippen LogP contribution in [0.5, 0.6) is 0 Å². The summed E-state index contributed by atoms with van der Waals surface area (Å²) in [5.74, 6) is 0.854. The second kappa shape index (κ2) is 3.45. The van der Waals surface area contributed by atoms with Crippen LogP contribution in [-0.4, -0.2) is 23.1 Å². The second-order valence-electron chi connectivity index (χ2n) is 3.68. The van der Waals surface area contributed by atoms with Crippen molar-refractivity contribution in [2.24, 2.45) is 0 Å². The average molecular weight is 264 g/mol. The maximum atomic E-state index is 4.54. The first-order chi connectivity index (χ1) is 7.34. The van der Waals surface area contributed by atoms with E-state index in [1.54, 1.807) is 0 Å². The van der Waals surface area contributed by atoms with Crippen molar-refractivity contribution in [3.63, 3.8) is 0 Å². The van der Waals surface area contributed by atoms with Gasteiger partial charge in [-0.15, -0.1) is 0 Å². The third kappa shape index (κ3) is 1.49. The molecule has 0 radical (unpaired) electrons. The van der Waals surface area contributed by atoms with Gasteiger partial charge in [-0.05, 0) is 18.6 Å². The van der Waals surface area contributed by atoms with Gasteiger partial charge in [-0.1, -0.05) is 22.0 Å². The van der Waals surface area contributed by atoms with Gasteiger partial charge in [0.05, 0.1) is 5.52 Å². The van der Waals surface area contributed by atoms with E-state index in [-0.39, 0.29) is 0 Å². The van der Waals surface area contributed by atoms with Crippen LogP contribution in [0.4, 0.5) is 5.95 Å². The lowest BCUT2D eigenvalue weighted by atomic mass is 10.2. The minimum absolute atomic E-state index is 0.854. The summed E-state index contributed by atoms with van der Waals surface area (Å²) in [6, 6.07) is 6.03. The lowest BCUT2D eigenvalue weighted by Gasteiger charge is -2.30. The van der Waals surface area contributed by atoms with Crippen LogP contribution in [0, 0.1) is 0 Å². The Hall–Kier alpha value is -1.16. The molecule has 0 spiro atoms. The molecule has 4 heteroatoms. The van der Waals surface area contributed by atoms with Gasteiger partial charge in [0.2, 0.25) is 5.95 Å². The molecule has 0 N–H and O–H groups in total. The Morgan fingerprint density at radius 3 is 2.87 bits per heavy atom. The van der Waals surface area contributed by atoms with E-state index in [9.17, 15) is 0 Å². The van der Waals surface area contributed by atoms with Gasteiger partial charge in [0, 0.05) is 29.1 Å². The van der Waals surface area contributed by atoms with Crippen molar-refractivity contribution in [2.45, 2.75) is 6.42 Å². The van der Waals surface area contributed by atoms with Gasteiger partial charge in [0.25, 0.3) is 0 Å². The molecule has 76 valence electrons. The van der Waals surface area contributed by atoms with E-state index in [4.69, 9.17) is 0 Å². The van der Waals surface area contributed by atoms with Crippen LogP contribution in [0.1, 0.15) is 6.42 Å². The van der Waals surface area contributed by atoms with Crippen LogP contribution in [0.15, 0.2) is 28.9 Å². The molecule has 1 saturated heterocycles. The quantitative estimate of drug-likeness (QED) is 0.792. The van der Waals surface area contributed by atoms with Crippen LogP contribution in [0.2, 0.25) is 0 Å². The molecule has 1 aromatic carbocycles. The molecule has 0 atom stereocenters. The van der Waals surface area contributed by atoms with E-state index in [0.29, 0.717) is 0 Å². The van der Waals surface area contributed by atoms with Gasteiger partial charge in [-0.25, -0.2) is 9.97 Å². The van der Waals surface area contributed by atoms with Gasteiger partial charge in [-0.2, -0.15) is 0 Å². The SMILES string of the molecule is Brc1cccc2nc(N3CCC3)ncc12. The summed E-state index contributed by atoms with van der Waals surface area (Å²) in [6.07, 6.45) is 3.14. The monoisotopic (exact) mass is 263 g/mol. The number of rotatable bonds is 1.